The van der Waals surface area contributed by atoms with Crippen LogP contribution in [0.15, 0.2) is 59.8 Å². The number of thioether (sulfide) groups is 1. The van der Waals surface area contributed by atoms with E-state index in [4.69, 9.17) is 0 Å². The highest BCUT2D eigenvalue weighted by Crippen LogP contribution is 2.23. The fourth-order valence-electron chi connectivity index (χ4n) is 2.94. The van der Waals surface area contributed by atoms with Crippen molar-refractivity contribution in [2.45, 2.75) is 43.5 Å². The lowest BCUT2D eigenvalue weighted by Gasteiger charge is -2.17. The van der Waals surface area contributed by atoms with E-state index in [1.165, 1.54) is 22.9 Å². The number of carbonyl (C=O) groups excluding carboxylic acids is 1. The molecule has 0 bridgehead atoms. The average molecular weight is 395 g/mol. The maximum absolute atomic E-state index is 12.5. The van der Waals surface area contributed by atoms with Crippen molar-refractivity contribution in [1.29, 1.82) is 0 Å². The molecule has 3 rings (SSSR count). The Kier molecular flexibility index (Phi) is 6.87. The lowest BCUT2D eigenvalue weighted by molar-refractivity contribution is -0.120. The predicted molar refractivity (Wildman–Crippen MR) is 114 cm³/mol. The topological polar surface area (TPSA) is 70.7 Å². The molecule has 0 radical (unpaired) electrons. The van der Waals surface area contributed by atoms with Crippen LogP contribution in [0.4, 0.5) is 0 Å². The SMILES string of the molecule is CC[C@@H](CNC(=O)[C@@H](C)Sc1n[nH]c(-c2ccc(C)cc2)n1)c1ccccc1. The smallest absolute Gasteiger partial charge is 0.233 e. The van der Waals surface area contributed by atoms with Crippen LogP contribution in [0, 0.1) is 6.92 Å². The van der Waals surface area contributed by atoms with Crippen molar-refractivity contribution in [3.63, 3.8) is 0 Å². The van der Waals surface area contributed by atoms with Crippen LogP contribution in [0.2, 0.25) is 0 Å². The third-order valence-electron chi connectivity index (χ3n) is 4.73. The fraction of sp³-hybridized carbons (Fsp3) is 0.318. The molecule has 0 aliphatic rings. The molecule has 1 amide bonds. The Hall–Kier alpha value is -2.60. The normalized spacial score (nSPS) is 13.1. The van der Waals surface area contributed by atoms with Gasteiger partial charge >= 0.3 is 0 Å². The summed E-state index contributed by atoms with van der Waals surface area (Å²) in [7, 11) is 0. The zero-order chi connectivity index (χ0) is 19.9. The summed E-state index contributed by atoms with van der Waals surface area (Å²) in [6.07, 6.45) is 0.979. The number of aromatic amines is 1. The number of hydrogen-bond acceptors (Lipinski definition) is 4. The maximum atomic E-state index is 12.5. The molecule has 0 spiro atoms. The number of hydrogen-bond donors (Lipinski definition) is 2. The Labute approximate surface area is 170 Å². The first kappa shape index (κ1) is 20.1. The summed E-state index contributed by atoms with van der Waals surface area (Å²) in [5.74, 6) is 1.03. The van der Waals surface area contributed by atoms with E-state index in [-0.39, 0.29) is 11.2 Å². The maximum Gasteiger partial charge on any atom is 0.233 e. The van der Waals surface area contributed by atoms with Gasteiger partial charge in [0.2, 0.25) is 11.1 Å². The summed E-state index contributed by atoms with van der Waals surface area (Å²) in [5, 5.41) is 10.6. The van der Waals surface area contributed by atoms with E-state index in [0.29, 0.717) is 23.4 Å². The van der Waals surface area contributed by atoms with Crippen LogP contribution in [-0.2, 0) is 4.79 Å². The van der Waals surface area contributed by atoms with Gasteiger partial charge in [-0.3, -0.25) is 9.89 Å². The van der Waals surface area contributed by atoms with Gasteiger partial charge in [-0.1, -0.05) is 78.8 Å². The van der Waals surface area contributed by atoms with Gasteiger partial charge in [-0.15, -0.1) is 5.10 Å². The molecule has 28 heavy (non-hydrogen) atoms. The number of amides is 1. The zero-order valence-electron chi connectivity index (χ0n) is 16.5. The number of H-pyrrole nitrogens is 1. The minimum absolute atomic E-state index is 0.000988. The van der Waals surface area contributed by atoms with E-state index in [9.17, 15) is 4.79 Å². The predicted octanol–water partition coefficient (Wildman–Crippen LogP) is 4.57. The monoisotopic (exact) mass is 394 g/mol. The van der Waals surface area contributed by atoms with Crippen LogP contribution in [0.5, 0.6) is 0 Å². The van der Waals surface area contributed by atoms with Crippen LogP contribution < -0.4 is 5.32 Å². The van der Waals surface area contributed by atoms with Crippen molar-refractivity contribution < 1.29 is 4.79 Å². The molecule has 6 heteroatoms. The molecular formula is C22H26N4OS. The Morgan fingerprint density at radius 2 is 1.86 bits per heavy atom. The molecule has 1 aromatic heterocycles. The highest BCUT2D eigenvalue weighted by atomic mass is 32.2. The largest absolute Gasteiger partial charge is 0.355 e. The zero-order valence-corrected chi connectivity index (χ0v) is 17.3. The molecule has 5 nitrogen and oxygen atoms in total. The standard InChI is InChI=1S/C22H26N4OS/c1-4-17(18-8-6-5-7-9-18)14-23-21(27)16(3)28-22-24-20(25-26-22)19-12-10-15(2)11-13-19/h5-13,16-17H,4,14H2,1-3H3,(H,23,27)(H,24,25,26)/t16-,17+/m1/s1. The van der Waals surface area contributed by atoms with Gasteiger partial charge in [0.15, 0.2) is 5.82 Å². The summed E-state index contributed by atoms with van der Waals surface area (Å²) >= 11 is 1.36. The Balaban J connectivity index is 1.55. The number of nitrogens with zero attached hydrogens (tertiary/aromatic N) is 2. The van der Waals surface area contributed by atoms with Crippen LogP contribution in [0.1, 0.15) is 37.3 Å². The van der Waals surface area contributed by atoms with Gasteiger partial charge < -0.3 is 5.32 Å². The van der Waals surface area contributed by atoms with E-state index in [1.54, 1.807) is 0 Å². The third kappa shape index (κ3) is 5.23. The van der Waals surface area contributed by atoms with E-state index in [0.717, 1.165) is 12.0 Å². The molecule has 2 N–H and O–H groups in total. The molecule has 0 saturated heterocycles. The lowest BCUT2D eigenvalue weighted by atomic mass is 9.96. The molecule has 3 aromatic rings. The molecule has 2 aromatic carbocycles. The molecule has 0 aliphatic carbocycles. The second-order valence-electron chi connectivity index (χ2n) is 6.85. The Bertz CT molecular complexity index is 892. The first-order valence-electron chi connectivity index (χ1n) is 9.55. The summed E-state index contributed by atoms with van der Waals surface area (Å²) in [6.45, 7) is 6.70. The second-order valence-corrected chi connectivity index (χ2v) is 8.16. The molecule has 0 fully saturated rings. The van der Waals surface area contributed by atoms with Gasteiger partial charge in [0.05, 0.1) is 5.25 Å². The second kappa shape index (κ2) is 9.55. The van der Waals surface area contributed by atoms with Crippen LogP contribution >= 0.6 is 11.8 Å². The van der Waals surface area contributed by atoms with Gasteiger partial charge in [-0.05, 0) is 25.8 Å². The van der Waals surface area contributed by atoms with Crippen molar-refractivity contribution in [3.8, 4) is 11.4 Å². The van der Waals surface area contributed by atoms with Gasteiger partial charge in [-0.2, -0.15) is 0 Å². The lowest BCUT2D eigenvalue weighted by Crippen LogP contribution is -2.34. The number of aromatic nitrogens is 3. The highest BCUT2D eigenvalue weighted by Gasteiger charge is 2.19. The van der Waals surface area contributed by atoms with Crippen LogP contribution in [0.25, 0.3) is 11.4 Å². The number of aryl methyl sites for hydroxylation is 1. The molecule has 0 saturated carbocycles. The molecular weight excluding hydrogens is 368 g/mol. The molecule has 0 aliphatic heterocycles. The summed E-state index contributed by atoms with van der Waals surface area (Å²) in [5.41, 5.74) is 3.43. The summed E-state index contributed by atoms with van der Waals surface area (Å²) in [6, 6.07) is 18.4. The molecule has 2 atom stereocenters. The van der Waals surface area contributed by atoms with Crippen molar-refractivity contribution in [3.05, 3.63) is 65.7 Å². The number of benzene rings is 2. The van der Waals surface area contributed by atoms with Gasteiger partial charge in [0, 0.05) is 18.0 Å². The van der Waals surface area contributed by atoms with E-state index in [1.807, 2.05) is 56.3 Å². The van der Waals surface area contributed by atoms with Crippen molar-refractivity contribution in [2.24, 2.45) is 0 Å². The third-order valence-corrected chi connectivity index (χ3v) is 5.69. The number of rotatable bonds is 8. The van der Waals surface area contributed by atoms with E-state index < -0.39 is 0 Å². The first-order valence-corrected chi connectivity index (χ1v) is 10.4. The first-order chi connectivity index (χ1) is 13.6. The highest BCUT2D eigenvalue weighted by molar-refractivity contribution is 8.00. The molecule has 146 valence electrons. The minimum Gasteiger partial charge on any atom is -0.355 e. The van der Waals surface area contributed by atoms with Crippen molar-refractivity contribution in [2.75, 3.05) is 6.54 Å². The average Bonchev–Trinajstić information content (AvgIpc) is 3.18. The van der Waals surface area contributed by atoms with Crippen LogP contribution in [0.3, 0.4) is 0 Å². The number of nitrogens with one attached hydrogen (secondary N) is 2. The summed E-state index contributed by atoms with van der Waals surface area (Å²) < 4.78 is 0. The summed E-state index contributed by atoms with van der Waals surface area (Å²) in [4.78, 5) is 17.0. The van der Waals surface area contributed by atoms with Crippen molar-refractivity contribution in [1.82, 2.24) is 20.5 Å². The molecule has 0 unspecified atom stereocenters. The Morgan fingerprint density at radius 1 is 1.14 bits per heavy atom. The van der Waals surface area contributed by atoms with Gasteiger partial charge in [0.1, 0.15) is 0 Å². The quantitative estimate of drug-likeness (QED) is 0.549. The number of carbonyl (C=O) groups is 1. The fourth-order valence-corrected chi connectivity index (χ4v) is 3.69. The Morgan fingerprint density at radius 3 is 2.54 bits per heavy atom. The van der Waals surface area contributed by atoms with E-state index >= 15 is 0 Å². The van der Waals surface area contributed by atoms with Crippen LogP contribution in [-0.4, -0.2) is 32.9 Å². The molecule has 1 heterocycles. The van der Waals surface area contributed by atoms with Crippen molar-refractivity contribution >= 4 is 17.7 Å². The minimum atomic E-state index is -0.269. The van der Waals surface area contributed by atoms with Gasteiger partial charge in [0.25, 0.3) is 0 Å². The van der Waals surface area contributed by atoms with Gasteiger partial charge in [-0.25, -0.2) is 4.98 Å². The van der Waals surface area contributed by atoms with E-state index in [2.05, 4.69) is 39.6 Å².